The summed E-state index contributed by atoms with van der Waals surface area (Å²) in [6.45, 7) is 5.56. The van der Waals surface area contributed by atoms with Crippen LogP contribution in [0.15, 0.2) is 10.4 Å². The Kier molecular flexibility index (Phi) is 9.69. The lowest BCUT2D eigenvalue weighted by Crippen LogP contribution is -2.42. The van der Waals surface area contributed by atoms with Crippen molar-refractivity contribution in [3.63, 3.8) is 0 Å². The second-order valence-electron chi connectivity index (χ2n) is 5.81. The predicted octanol–water partition coefficient (Wildman–Crippen LogP) is 2.83. The number of nitrogens with one attached hydrogen (secondary N) is 2. The molecular weight excluding hydrogens is 472 g/mol. The van der Waals surface area contributed by atoms with Crippen LogP contribution in [-0.4, -0.2) is 42.7 Å². The van der Waals surface area contributed by atoms with Crippen molar-refractivity contribution < 1.29 is 22.7 Å². The van der Waals surface area contributed by atoms with Crippen LogP contribution < -0.4 is 10.6 Å². The maximum atomic E-state index is 12.5. The van der Waals surface area contributed by atoms with Gasteiger partial charge in [0.05, 0.1) is 5.01 Å². The molecule has 1 heterocycles. The number of esters is 1. The molecular formula is C14H22F3IN4O2S. The maximum Gasteiger partial charge on any atom is 0.434 e. The highest BCUT2D eigenvalue weighted by Gasteiger charge is 2.33. The monoisotopic (exact) mass is 494 g/mol. The van der Waals surface area contributed by atoms with E-state index in [1.165, 1.54) is 7.05 Å². The van der Waals surface area contributed by atoms with Crippen LogP contribution in [0.4, 0.5) is 13.2 Å². The Hall–Kier alpha value is -1.11. The summed E-state index contributed by atoms with van der Waals surface area (Å²) in [6.07, 6.45) is -4.11. The van der Waals surface area contributed by atoms with Gasteiger partial charge in [0.15, 0.2) is 11.7 Å². The van der Waals surface area contributed by atoms with E-state index < -0.39 is 23.4 Å². The standard InChI is InChI=1S/C14H21F3N4O2S.HI/c1-13(2,3)23-11(22)7-20-12(18-4)19-6-5-10-21-9(8-24-10)14(15,16)17;/h8H,5-7H2,1-4H3,(H2,18,19,20);1H. The molecule has 144 valence electrons. The summed E-state index contributed by atoms with van der Waals surface area (Å²) in [7, 11) is 1.52. The fraction of sp³-hybridized carbons (Fsp3) is 0.643. The first-order chi connectivity index (χ1) is 11.0. The van der Waals surface area contributed by atoms with Crippen LogP contribution in [-0.2, 0) is 22.1 Å². The molecule has 0 unspecified atom stereocenters. The first-order valence-electron chi connectivity index (χ1n) is 7.19. The van der Waals surface area contributed by atoms with Gasteiger partial charge >= 0.3 is 12.1 Å². The van der Waals surface area contributed by atoms with Gasteiger partial charge in [0, 0.05) is 25.4 Å². The Morgan fingerprint density at radius 3 is 2.44 bits per heavy atom. The van der Waals surface area contributed by atoms with Crippen LogP contribution >= 0.6 is 35.3 Å². The minimum absolute atomic E-state index is 0. The van der Waals surface area contributed by atoms with Gasteiger partial charge in [-0.2, -0.15) is 13.2 Å². The van der Waals surface area contributed by atoms with Crippen LogP contribution in [0.1, 0.15) is 31.5 Å². The summed E-state index contributed by atoms with van der Waals surface area (Å²) in [5.41, 5.74) is -1.45. The van der Waals surface area contributed by atoms with E-state index in [0.717, 1.165) is 16.7 Å². The van der Waals surface area contributed by atoms with Crippen LogP contribution in [0, 0.1) is 0 Å². The number of nitrogens with zero attached hydrogens (tertiary/aromatic N) is 2. The number of aromatic nitrogens is 1. The van der Waals surface area contributed by atoms with E-state index in [0.29, 0.717) is 23.9 Å². The van der Waals surface area contributed by atoms with Gasteiger partial charge < -0.3 is 15.4 Å². The predicted molar refractivity (Wildman–Crippen MR) is 101 cm³/mol. The van der Waals surface area contributed by atoms with Crippen molar-refractivity contribution in [1.29, 1.82) is 0 Å². The number of aliphatic imine (C=N–C) groups is 1. The van der Waals surface area contributed by atoms with Gasteiger partial charge in [-0.05, 0) is 20.8 Å². The highest BCUT2D eigenvalue weighted by molar-refractivity contribution is 14.0. The number of carbonyl (C=O) groups excluding carboxylic acids is 1. The SMILES string of the molecule is CN=C(NCCc1nc(C(F)(F)F)cs1)NCC(=O)OC(C)(C)C.I. The van der Waals surface area contributed by atoms with Crippen LogP contribution in [0.25, 0.3) is 0 Å². The average Bonchev–Trinajstić information content (AvgIpc) is 2.89. The smallest absolute Gasteiger partial charge is 0.434 e. The summed E-state index contributed by atoms with van der Waals surface area (Å²) in [4.78, 5) is 19.0. The third-order valence-electron chi connectivity index (χ3n) is 2.52. The number of guanidine groups is 1. The largest absolute Gasteiger partial charge is 0.459 e. The van der Waals surface area contributed by atoms with E-state index in [9.17, 15) is 18.0 Å². The third kappa shape index (κ3) is 9.82. The second kappa shape index (κ2) is 10.1. The summed E-state index contributed by atoms with van der Waals surface area (Å²) in [5.74, 6) is -0.0753. The van der Waals surface area contributed by atoms with E-state index in [4.69, 9.17) is 4.74 Å². The van der Waals surface area contributed by atoms with Crippen LogP contribution in [0.5, 0.6) is 0 Å². The molecule has 1 rings (SSSR count). The molecule has 25 heavy (non-hydrogen) atoms. The van der Waals surface area contributed by atoms with Gasteiger partial charge in [-0.15, -0.1) is 35.3 Å². The quantitative estimate of drug-likeness (QED) is 0.285. The highest BCUT2D eigenvalue weighted by Crippen LogP contribution is 2.29. The number of rotatable bonds is 5. The topological polar surface area (TPSA) is 75.6 Å². The van der Waals surface area contributed by atoms with Crippen molar-refractivity contribution in [2.24, 2.45) is 4.99 Å². The normalized spacial score (nSPS) is 12.4. The van der Waals surface area contributed by atoms with Crippen LogP contribution in [0.3, 0.4) is 0 Å². The third-order valence-corrected chi connectivity index (χ3v) is 3.43. The maximum absolute atomic E-state index is 12.5. The van der Waals surface area contributed by atoms with Crippen molar-refractivity contribution in [2.45, 2.75) is 39.0 Å². The molecule has 2 N–H and O–H groups in total. The number of hydrogen-bond acceptors (Lipinski definition) is 5. The lowest BCUT2D eigenvalue weighted by Gasteiger charge is -2.20. The second-order valence-corrected chi connectivity index (χ2v) is 6.76. The Morgan fingerprint density at radius 2 is 1.96 bits per heavy atom. The van der Waals surface area contributed by atoms with Crippen molar-refractivity contribution in [3.8, 4) is 0 Å². The van der Waals surface area contributed by atoms with Crippen molar-refractivity contribution >= 4 is 47.2 Å². The molecule has 0 spiro atoms. The highest BCUT2D eigenvalue weighted by atomic mass is 127. The molecule has 0 aliphatic carbocycles. The lowest BCUT2D eigenvalue weighted by molar-refractivity contribution is -0.153. The molecule has 0 aliphatic heterocycles. The van der Waals surface area contributed by atoms with Crippen molar-refractivity contribution in [2.75, 3.05) is 20.1 Å². The lowest BCUT2D eigenvalue weighted by atomic mass is 10.2. The van der Waals surface area contributed by atoms with Crippen LogP contribution in [0.2, 0.25) is 0 Å². The number of carbonyl (C=O) groups is 1. The Labute approximate surface area is 165 Å². The summed E-state index contributed by atoms with van der Waals surface area (Å²) in [5, 5.41) is 7.04. The molecule has 11 heteroatoms. The van der Waals surface area contributed by atoms with Gasteiger partial charge in [-0.1, -0.05) is 0 Å². The first kappa shape index (κ1) is 23.9. The zero-order valence-corrected chi connectivity index (χ0v) is 17.5. The summed E-state index contributed by atoms with van der Waals surface area (Å²) in [6, 6.07) is 0. The van der Waals surface area contributed by atoms with Gasteiger partial charge in [0.25, 0.3) is 0 Å². The zero-order valence-electron chi connectivity index (χ0n) is 14.4. The molecule has 0 saturated carbocycles. The van der Waals surface area contributed by atoms with Gasteiger partial charge in [0.2, 0.25) is 0 Å². The molecule has 1 aromatic rings. The summed E-state index contributed by atoms with van der Waals surface area (Å²) < 4.78 is 42.5. The number of alkyl halides is 3. The Morgan fingerprint density at radius 1 is 1.32 bits per heavy atom. The summed E-state index contributed by atoms with van der Waals surface area (Å²) >= 11 is 0.955. The molecule has 1 aromatic heterocycles. The van der Waals surface area contributed by atoms with Gasteiger partial charge in [0.1, 0.15) is 12.1 Å². The molecule has 0 aromatic carbocycles. The Bertz CT molecular complexity index is 585. The first-order valence-corrected chi connectivity index (χ1v) is 8.07. The fourth-order valence-corrected chi connectivity index (χ4v) is 2.40. The van der Waals surface area contributed by atoms with E-state index in [-0.39, 0.29) is 30.5 Å². The fourth-order valence-electron chi connectivity index (χ4n) is 1.60. The Balaban J connectivity index is 0.00000576. The number of ether oxygens (including phenoxy) is 1. The molecule has 0 amide bonds. The van der Waals surface area contributed by atoms with Crippen molar-refractivity contribution in [1.82, 2.24) is 15.6 Å². The van der Waals surface area contributed by atoms with E-state index in [1.807, 2.05) is 0 Å². The average molecular weight is 494 g/mol. The minimum atomic E-state index is -4.42. The minimum Gasteiger partial charge on any atom is -0.459 e. The molecule has 0 bridgehead atoms. The van der Waals surface area contributed by atoms with E-state index in [1.54, 1.807) is 20.8 Å². The number of hydrogen-bond donors (Lipinski definition) is 2. The molecule has 0 aliphatic rings. The zero-order chi connectivity index (χ0) is 18.4. The van der Waals surface area contributed by atoms with Gasteiger partial charge in [-0.25, -0.2) is 4.98 Å². The molecule has 6 nitrogen and oxygen atoms in total. The molecule has 0 saturated heterocycles. The number of halogens is 4. The molecule has 0 radical (unpaired) electrons. The number of thiazole rings is 1. The van der Waals surface area contributed by atoms with E-state index in [2.05, 4.69) is 20.6 Å². The molecule has 0 fully saturated rings. The van der Waals surface area contributed by atoms with Gasteiger partial charge in [-0.3, -0.25) is 9.79 Å². The van der Waals surface area contributed by atoms with E-state index >= 15 is 0 Å². The van der Waals surface area contributed by atoms with Crippen molar-refractivity contribution in [3.05, 3.63) is 16.1 Å². The molecule has 0 atom stereocenters.